The Morgan fingerprint density at radius 2 is 1.80 bits per heavy atom. The van der Waals surface area contributed by atoms with Gasteiger partial charge in [-0.25, -0.2) is 9.97 Å². The number of benzene rings is 1. The summed E-state index contributed by atoms with van der Waals surface area (Å²) in [4.78, 5) is 22.2. The molecule has 7 heteroatoms. The smallest absolute Gasteiger partial charge is 0.272 e. The highest BCUT2D eigenvalue weighted by Crippen LogP contribution is 2.16. The van der Waals surface area contributed by atoms with Crippen molar-refractivity contribution in [1.29, 1.82) is 0 Å². The van der Waals surface area contributed by atoms with Crippen LogP contribution in [0.1, 0.15) is 24.3 Å². The second kappa shape index (κ2) is 9.46. The van der Waals surface area contributed by atoms with E-state index in [9.17, 15) is 4.79 Å². The Hall–Kier alpha value is -2.83. The van der Waals surface area contributed by atoms with Crippen molar-refractivity contribution in [3.63, 3.8) is 0 Å². The molecule has 2 rings (SSSR count). The van der Waals surface area contributed by atoms with Crippen molar-refractivity contribution >= 4 is 11.7 Å². The number of amides is 1. The van der Waals surface area contributed by atoms with Gasteiger partial charge in [0.1, 0.15) is 35.9 Å². The standard InChI is InChI=1S/C18H24N4O3/c1-4-22(5-2)18(23)16-12-17(21-13-20-16)19-10-11-25-15-8-6-14(24-3)7-9-15/h6-9,12-13H,4-5,10-11H2,1-3H3,(H,19,20,21). The second-order valence-corrected chi connectivity index (χ2v) is 5.22. The number of hydrogen-bond acceptors (Lipinski definition) is 6. The van der Waals surface area contributed by atoms with E-state index in [0.717, 1.165) is 11.5 Å². The lowest BCUT2D eigenvalue weighted by molar-refractivity contribution is 0.0767. The predicted molar refractivity (Wildman–Crippen MR) is 96.3 cm³/mol. The summed E-state index contributed by atoms with van der Waals surface area (Å²) in [7, 11) is 1.63. The van der Waals surface area contributed by atoms with Crippen molar-refractivity contribution in [1.82, 2.24) is 14.9 Å². The Bertz CT molecular complexity index is 672. The number of methoxy groups -OCH3 is 1. The number of aromatic nitrogens is 2. The Labute approximate surface area is 148 Å². The lowest BCUT2D eigenvalue weighted by atomic mass is 10.3. The molecule has 0 unspecified atom stereocenters. The van der Waals surface area contributed by atoms with Crippen LogP contribution in [0.15, 0.2) is 36.7 Å². The van der Waals surface area contributed by atoms with Gasteiger partial charge in [-0.3, -0.25) is 4.79 Å². The van der Waals surface area contributed by atoms with Crippen LogP contribution in [-0.4, -0.2) is 54.1 Å². The quantitative estimate of drug-likeness (QED) is 0.704. The zero-order chi connectivity index (χ0) is 18.1. The third kappa shape index (κ3) is 5.34. The molecule has 0 spiro atoms. The number of rotatable bonds is 9. The predicted octanol–water partition coefficient (Wildman–Crippen LogP) is 2.46. The number of ether oxygens (including phenoxy) is 2. The van der Waals surface area contributed by atoms with Gasteiger partial charge in [0.2, 0.25) is 0 Å². The molecule has 134 valence electrons. The molecular weight excluding hydrogens is 320 g/mol. The summed E-state index contributed by atoms with van der Waals surface area (Å²) in [6, 6.07) is 9.05. The summed E-state index contributed by atoms with van der Waals surface area (Å²) in [5, 5.41) is 3.14. The fourth-order valence-electron chi connectivity index (χ4n) is 2.26. The van der Waals surface area contributed by atoms with Crippen molar-refractivity contribution < 1.29 is 14.3 Å². The molecule has 0 radical (unpaired) electrons. The van der Waals surface area contributed by atoms with Crippen molar-refractivity contribution in [2.45, 2.75) is 13.8 Å². The average molecular weight is 344 g/mol. The minimum Gasteiger partial charge on any atom is -0.497 e. The Balaban J connectivity index is 1.84. The largest absolute Gasteiger partial charge is 0.497 e. The molecule has 1 amide bonds. The first-order chi connectivity index (χ1) is 12.2. The molecule has 0 saturated carbocycles. The molecule has 0 fully saturated rings. The average Bonchev–Trinajstić information content (AvgIpc) is 2.67. The van der Waals surface area contributed by atoms with Gasteiger partial charge in [-0.05, 0) is 38.1 Å². The number of nitrogens with one attached hydrogen (secondary N) is 1. The minimum absolute atomic E-state index is 0.0927. The van der Waals surface area contributed by atoms with Gasteiger partial charge in [0.25, 0.3) is 5.91 Å². The first-order valence-corrected chi connectivity index (χ1v) is 8.30. The van der Waals surface area contributed by atoms with E-state index in [1.807, 2.05) is 38.1 Å². The monoisotopic (exact) mass is 344 g/mol. The normalized spacial score (nSPS) is 10.2. The molecule has 7 nitrogen and oxygen atoms in total. The van der Waals surface area contributed by atoms with Crippen molar-refractivity contribution in [2.75, 3.05) is 38.7 Å². The van der Waals surface area contributed by atoms with Crippen LogP contribution in [0.25, 0.3) is 0 Å². The molecule has 1 aromatic heterocycles. The summed E-state index contributed by atoms with van der Waals surface area (Å²) < 4.78 is 10.7. The van der Waals surface area contributed by atoms with E-state index < -0.39 is 0 Å². The van der Waals surface area contributed by atoms with Gasteiger partial charge in [0.15, 0.2) is 0 Å². The van der Waals surface area contributed by atoms with Crippen LogP contribution in [0, 0.1) is 0 Å². The van der Waals surface area contributed by atoms with Crippen LogP contribution in [0.3, 0.4) is 0 Å². The van der Waals surface area contributed by atoms with Crippen LogP contribution in [-0.2, 0) is 0 Å². The third-order valence-electron chi connectivity index (χ3n) is 3.67. The SMILES string of the molecule is CCN(CC)C(=O)c1cc(NCCOc2ccc(OC)cc2)ncn1. The van der Waals surface area contributed by atoms with E-state index in [1.54, 1.807) is 18.1 Å². The first kappa shape index (κ1) is 18.5. The van der Waals surface area contributed by atoms with Gasteiger partial charge in [-0.15, -0.1) is 0 Å². The van der Waals surface area contributed by atoms with Crippen molar-refractivity contribution in [3.8, 4) is 11.5 Å². The third-order valence-corrected chi connectivity index (χ3v) is 3.67. The van der Waals surface area contributed by atoms with E-state index in [-0.39, 0.29) is 5.91 Å². The molecular formula is C18H24N4O3. The summed E-state index contributed by atoms with van der Waals surface area (Å²) in [5.74, 6) is 2.06. The van der Waals surface area contributed by atoms with Crippen molar-refractivity contribution in [2.24, 2.45) is 0 Å². The van der Waals surface area contributed by atoms with E-state index in [1.165, 1.54) is 6.33 Å². The lowest BCUT2D eigenvalue weighted by Gasteiger charge is -2.18. The zero-order valence-electron chi connectivity index (χ0n) is 14.9. The highest BCUT2D eigenvalue weighted by atomic mass is 16.5. The maximum absolute atomic E-state index is 12.3. The van der Waals surface area contributed by atoms with E-state index in [4.69, 9.17) is 9.47 Å². The molecule has 1 heterocycles. The van der Waals surface area contributed by atoms with E-state index >= 15 is 0 Å². The Morgan fingerprint density at radius 1 is 1.12 bits per heavy atom. The van der Waals surface area contributed by atoms with Crippen LogP contribution in [0.5, 0.6) is 11.5 Å². The summed E-state index contributed by atoms with van der Waals surface area (Å²) in [6.45, 7) is 6.21. The zero-order valence-corrected chi connectivity index (χ0v) is 14.9. The first-order valence-electron chi connectivity index (χ1n) is 8.30. The highest BCUT2D eigenvalue weighted by molar-refractivity contribution is 5.92. The summed E-state index contributed by atoms with van der Waals surface area (Å²) in [6.07, 6.45) is 1.39. The lowest BCUT2D eigenvalue weighted by Crippen LogP contribution is -2.31. The van der Waals surface area contributed by atoms with Crippen LogP contribution >= 0.6 is 0 Å². The van der Waals surface area contributed by atoms with Gasteiger partial charge >= 0.3 is 0 Å². The minimum atomic E-state index is -0.0927. The molecule has 0 aliphatic rings. The number of carbonyl (C=O) groups is 1. The van der Waals surface area contributed by atoms with Crippen LogP contribution in [0.2, 0.25) is 0 Å². The number of hydrogen-bond donors (Lipinski definition) is 1. The molecule has 2 aromatic rings. The Kier molecular flexibility index (Phi) is 7.00. The van der Waals surface area contributed by atoms with E-state index in [0.29, 0.717) is 37.8 Å². The Morgan fingerprint density at radius 3 is 2.44 bits per heavy atom. The van der Waals surface area contributed by atoms with Gasteiger partial charge in [0, 0.05) is 19.2 Å². The number of anilines is 1. The molecule has 0 bridgehead atoms. The molecule has 1 aromatic carbocycles. The fraction of sp³-hybridized carbons (Fsp3) is 0.389. The van der Waals surface area contributed by atoms with Gasteiger partial charge in [-0.2, -0.15) is 0 Å². The van der Waals surface area contributed by atoms with Crippen molar-refractivity contribution in [3.05, 3.63) is 42.4 Å². The maximum Gasteiger partial charge on any atom is 0.272 e. The van der Waals surface area contributed by atoms with E-state index in [2.05, 4.69) is 15.3 Å². The molecule has 0 aliphatic carbocycles. The second-order valence-electron chi connectivity index (χ2n) is 5.22. The highest BCUT2D eigenvalue weighted by Gasteiger charge is 2.14. The van der Waals surface area contributed by atoms with Gasteiger partial charge in [-0.1, -0.05) is 0 Å². The van der Waals surface area contributed by atoms with Gasteiger partial charge < -0.3 is 19.7 Å². The number of nitrogens with zero attached hydrogens (tertiary/aromatic N) is 3. The topological polar surface area (TPSA) is 76.6 Å². The molecule has 0 saturated heterocycles. The molecule has 0 aliphatic heterocycles. The maximum atomic E-state index is 12.3. The molecule has 0 atom stereocenters. The van der Waals surface area contributed by atoms with Crippen LogP contribution < -0.4 is 14.8 Å². The number of carbonyl (C=O) groups excluding carboxylic acids is 1. The fourth-order valence-corrected chi connectivity index (χ4v) is 2.26. The summed E-state index contributed by atoms with van der Waals surface area (Å²) >= 11 is 0. The van der Waals surface area contributed by atoms with Gasteiger partial charge in [0.05, 0.1) is 13.7 Å². The molecule has 1 N–H and O–H groups in total. The molecule has 25 heavy (non-hydrogen) atoms. The summed E-state index contributed by atoms with van der Waals surface area (Å²) in [5.41, 5.74) is 0.386. The van der Waals surface area contributed by atoms with Crippen LogP contribution in [0.4, 0.5) is 5.82 Å².